The van der Waals surface area contributed by atoms with Crippen molar-refractivity contribution in [3.05, 3.63) is 0 Å². The zero-order valence-corrected chi connectivity index (χ0v) is 25.6. The highest BCUT2D eigenvalue weighted by molar-refractivity contribution is 7.45. The number of ether oxygens (including phenoxy) is 2. The summed E-state index contributed by atoms with van der Waals surface area (Å²) in [6.07, 6.45) is 14.3. The van der Waals surface area contributed by atoms with Crippen molar-refractivity contribution >= 4 is 26.3 Å². The molecule has 0 aromatic rings. The van der Waals surface area contributed by atoms with E-state index in [-0.39, 0.29) is 25.0 Å². The molecule has 4 aliphatic rings. The highest BCUT2D eigenvalue weighted by atomic mass is 31.2. The van der Waals surface area contributed by atoms with Gasteiger partial charge in [0.2, 0.25) is 6.79 Å². The largest absolute Gasteiger partial charge is 0.481 e. The first-order valence-corrected chi connectivity index (χ1v) is 17.1. The van der Waals surface area contributed by atoms with Crippen LogP contribution < -0.4 is 0 Å². The molecule has 0 amide bonds. The van der Waals surface area contributed by atoms with Crippen LogP contribution >= 0.6 is 8.38 Å². The molecule has 0 bridgehead atoms. The summed E-state index contributed by atoms with van der Waals surface area (Å²) in [5.41, 5.74) is 0.916. The number of carboxylic acid groups (broad SMARTS) is 1. The molecular formula is C31H51O8P. The molecule has 40 heavy (non-hydrogen) atoms. The molecule has 0 radical (unpaired) electrons. The molecule has 4 fully saturated rings. The molecule has 0 spiro atoms. The summed E-state index contributed by atoms with van der Waals surface area (Å²) in [6, 6.07) is 0. The van der Waals surface area contributed by atoms with Crippen LogP contribution in [0.1, 0.15) is 111 Å². The first-order chi connectivity index (χ1) is 19.0. The lowest BCUT2D eigenvalue weighted by molar-refractivity contribution is -0.167. The number of hydrogen-bond acceptors (Lipinski definition) is 7. The number of fused-ring (bicyclic) bond motifs is 5. The van der Waals surface area contributed by atoms with Crippen LogP contribution in [0.5, 0.6) is 0 Å². The molecule has 9 atom stereocenters. The van der Waals surface area contributed by atoms with E-state index in [9.17, 15) is 14.4 Å². The van der Waals surface area contributed by atoms with Crippen molar-refractivity contribution < 1.29 is 38.8 Å². The standard InChI is InChI=1S/C31H51O8P/c1-20(7-13-27(32)38-19-39-28(33)14-8-21(29(34)35)18-40(36)37)24-11-12-25-23-10-9-22-6-4-5-16-30(22,2)26(23)15-17-31(24,25)3/h20-26,36-37H,4-19H2,1-3H3,(H,34,35)/t20-,21?,22?,23?,24?,25?,26?,30?,31?/m1/s1. The quantitative estimate of drug-likeness (QED) is 0.139. The molecule has 4 saturated carbocycles. The van der Waals surface area contributed by atoms with Gasteiger partial charge in [-0.1, -0.05) is 33.6 Å². The van der Waals surface area contributed by atoms with Gasteiger partial charge in [0.05, 0.1) is 5.92 Å². The van der Waals surface area contributed by atoms with E-state index in [0.717, 1.165) is 30.1 Å². The van der Waals surface area contributed by atoms with Gasteiger partial charge in [-0.2, -0.15) is 0 Å². The van der Waals surface area contributed by atoms with Crippen molar-refractivity contribution in [1.82, 2.24) is 0 Å². The Kier molecular flexibility index (Phi) is 10.6. The summed E-state index contributed by atoms with van der Waals surface area (Å²) < 4.78 is 10.1. The predicted molar refractivity (Wildman–Crippen MR) is 152 cm³/mol. The monoisotopic (exact) mass is 582 g/mol. The van der Waals surface area contributed by atoms with Gasteiger partial charge in [-0.05, 0) is 111 Å². The Morgan fingerprint density at radius 2 is 1.52 bits per heavy atom. The van der Waals surface area contributed by atoms with Crippen molar-refractivity contribution in [3.63, 3.8) is 0 Å². The summed E-state index contributed by atoms with van der Waals surface area (Å²) in [5, 5.41) is 9.12. The molecule has 0 saturated heterocycles. The molecule has 0 aromatic carbocycles. The number of carbonyl (C=O) groups excluding carboxylic acids is 2. The second-order valence-electron chi connectivity index (χ2n) is 13.9. The maximum absolute atomic E-state index is 12.4. The van der Waals surface area contributed by atoms with Crippen molar-refractivity contribution in [2.75, 3.05) is 13.0 Å². The minimum Gasteiger partial charge on any atom is -0.481 e. The van der Waals surface area contributed by atoms with Gasteiger partial charge in [0, 0.05) is 19.0 Å². The molecule has 0 aliphatic heterocycles. The van der Waals surface area contributed by atoms with E-state index in [1.165, 1.54) is 64.2 Å². The normalized spacial score (nSPS) is 36.6. The summed E-state index contributed by atoms with van der Waals surface area (Å²) in [4.78, 5) is 53.6. The number of carbonyl (C=O) groups is 3. The summed E-state index contributed by atoms with van der Waals surface area (Å²) in [7, 11) is -2.36. The van der Waals surface area contributed by atoms with Crippen LogP contribution in [0.4, 0.5) is 0 Å². The third-order valence-corrected chi connectivity index (χ3v) is 12.8. The molecular weight excluding hydrogens is 531 g/mol. The molecule has 9 heteroatoms. The van der Waals surface area contributed by atoms with E-state index in [1.54, 1.807) is 0 Å². The third kappa shape index (κ3) is 6.86. The maximum Gasteiger partial charge on any atom is 0.308 e. The highest BCUT2D eigenvalue weighted by Gasteiger charge is 2.60. The first-order valence-electron chi connectivity index (χ1n) is 15.6. The number of esters is 2. The van der Waals surface area contributed by atoms with Crippen LogP contribution in [0, 0.1) is 52.3 Å². The number of carboxylic acids is 1. The molecule has 4 rings (SSSR count). The van der Waals surface area contributed by atoms with Crippen LogP contribution in [0.2, 0.25) is 0 Å². The lowest BCUT2D eigenvalue weighted by atomic mass is 9.44. The van der Waals surface area contributed by atoms with Crippen LogP contribution in [-0.4, -0.2) is 45.8 Å². The van der Waals surface area contributed by atoms with E-state index in [4.69, 9.17) is 24.4 Å². The fourth-order valence-corrected chi connectivity index (χ4v) is 10.6. The number of aliphatic carboxylic acids is 1. The molecule has 0 aromatic heterocycles. The Bertz CT molecular complexity index is 910. The smallest absolute Gasteiger partial charge is 0.308 e. The zero-order valence-electron chi connectivity index (χ0n) is 24.7. The lowest BCUT2D eigenvalue weighted by Crippen LogP contribution is -2.53. The van der Waals surface area contributed by atoms with Gasteiger partial charge in [-0.3, -0.25) is 14.4 Å². The predicted octanol–water partition coefficient (Wildman–Crippen LogP) is 6.27. The molecule has 3 N–H and O–H groups in total. The van der Waals surface area contributed by atoms with E-state index >= 15 is 0 Å². The van der Waals surface area contributed by atoms with Crippen LogP contribution in [0.15, 0.2) is 0 Å². The van der Waals surface area contributed by atoms with Gasteiger partial charge in [-0.25, -0.2) is 0 Å². The Hall–Kier alpha value is -1.24. The molecule has 8 nitrogen and oxygen atoms in total. The van der Waals surface area contributed by atoms with Gasteiger partial charge >= 0.3 is 17.9 Å². The van der Waals surface area contributed by atoms with Crippen LogP contribution in [-0.2, 0) is 23.9 Å². The Balaban J connectivity index is 1.20. The molecule has 8 unspecified atom stereocenters. The van der Waals surface area contributed by atoms with E-state index in [0.29, 0.717) is 29.1 Å². The van der Waals surface area contributed by atoms with Crippen molar-refractivity contribution in [2.24, 2.45) is 52.3 Å². The van der Waals surface area contributed by atoms with Gasteiger partial charge in [-0.15, -0.1) is 0 Å². The van der Waals surface area contributed by atoms with Gasteiger partial charge in [0.25, 0.3) is 0 Å². The number of rotatable bonds is 12. The Labute approximate surface area is 240 Å². The first kappa shape index (κ1) is 31.7. The number of hydrogen-bond donors (Lipinski definition) is 3. The second-order valence-corrected chi connectivity index (χ2v) is 15.0. The zero-order chi connectivity index (χ0) is 29.1. The van der Waals surface area contributed by atoms with Gasteiger partial charge in [0.15, 0.2) is 8.38 Å². The minimum absolute atomic E-state index is 0.0673. The van der Waals surface area contributed by atoms with Crippen molar-refractivity contribution in [3.8, 4) is 0 Å². The fourth-order valence-electron chi connectivity index (χ4n) is 9.90. The average molecular weight is 583 g/mol. The Morgan fingerprint density at radius 1 is 0.850 bits per heavy atom. The van der Waals surface area contributed by atoms with Crippen LogP contribution in [0.3, 0.4) is 0 Å². The molecule has 0 heterocycles. The molecule has 4 aliphatic carbocycles. The maximum atomic E-state index is 12.4. The second kappa shape index (κ2) is 13.4. The summed E-state index contributed by atoms with van der Waals surface area (Å²) >= 11 is 0. The molecule has 228 valence electrons. The van der Waals surface area contributed by atoms with Crippen molar-refractivity contribution in [2.45, 2.75) is 111 Å². The SMILES string of the molecule is C[C@H](CCC(=O)OCOC(=O)CCC(CP(O)O)C(=O)O)C1CCC2C3CCC4CCCCC4(C)C3CCC21C. The summed E-state index contributed by atoms with van der Waals surface area (Å²) in [6.45, 7) is 6.99. The van der Waals surface area contributed by atoms with Gasteiger partial charge < -0.3 is 24.4 Å². The van der Waals surface area contributed by atoms with E-state index in [1.807, 2.05) is 0 Å². The third-order valence-electron chi connectivity index (χ3n) is 12.0. The van der Waals surface area contributed by atoms with E-state index in [2.05, 4.69) is 20.8 Å². The highest BCUT2D eigenvalue weighted by Crippen LogP contribution is 2.68. The van der Waals surface area contributed by atoms with Gasteiger partial charge in [0.1, 0.15) is 0 Å². The lowest BCUT2D eigenvalue weighted by Gasteiger charge is -2.61. The minimum atomic E-state index is -2.36. The topological polar surface area (TPSA) is 130 Å². The fraction of sp³-hybridized carbons (Fsp3) is 0.903. The van der Waals surface area contributed by atoms with E-state index < -0.39 is 33.0 Å². The average Bonchev–Trinajstić information content (AvgIpc) is 3.26. The summed E-state index contributed by atoms with van der Waals surface area (Å²) in [5.74, 6) is 1.29. The van der Waals surface area contributed by atoms with Crippen molar-refractivity contribution in [1.29, 1.82) is 0 Å². The Morgan fingerprint density at radius 3 is 2.20 bits per heavy atom. The van der Waals surface area contributed by atoms with Crippen LogP contribution in [0.25, 0.3) is 0 Å².